The summed E-state index contributed by atoms with van der Waals surface area (Å²) in [5.41, 5.74) is 1.89. The number of nitrogens with zero attached hydrogens (tertiary/aromatic N) is 5. The number of rotatable bonds is 6. The van der Waals surface area contributed by atoms with Gasteiger partial charge in [-0.3, -0.25) is 14.5 Å². The van der Waals surface area contributed by atoms with Crippen LogP contribution in [0.1, 0.15) is 19.8 Å². The summed E-state index contributed by atoms with van der Waals surface area (Å²) in [7, 11) is 0. The van der Waals surface area contributed by atoms with E-state index in [0.717, 1.165) is 48.8 Å². The van der Waals surface area contributed by atoms with E-state index >= 15 is 0 Å². The predicted molar refractivity (Wildman–Crippen MR) is 114 cm³/mol. The van der Waals surface area contributed by atoms with E-state index < -0.39 is 0 Å². The Hall–Kier alpha value is -2.55. The molecule has 8 heteroatoms. The third-order valence-corrected chi connectivity index (χ3v) is 5.47. The number of ether oxygens (including phenoxy) is 1. The van der Waals surface area contributed by atoms with Crippen LogP contribution in [0, 0.1) is 4.77 Å². The van der Waals surface area contributed by atoms with Crippen molar-refractivity contribution in [1.82, 2.24) is 24.2 Å². The van der Waals surface area contributed by atoms with Gasteiger partial charge in [-0.15, -0.1) is 5.10 Å². The van der Waals surface area contributed by atoms with Crippen LogP contribution in [0.2, 0.25) is 0 Å². The van der Waals surface area contributed by atoms with Crippen molar-refractivity contribution in [3.63, 3.8) is 0 Å². The zero-order valence-corrected chi connectivity index (χ0v) is 17.3. The molecule has 0 spiro atoms. The monoisotopic (exact) mass is 411 g/mol. The molecule has 0 atom stereocenters. The van der Waals surface area contributed by atoms with Crippen molar-refractivity contribution in [2.75, 3.05) is 19.7 Å². The highest BCUT2D eigenvalue weighted by molar-refractivity contribution is 7.71. The molecule has 0 aliphatic carbocycles. The van der Waals surface area contributed by atoms with Crippen molar-refractivity contribution in [1.29, 1.82) is 0 Å². The topological polar surface area (TPSA) is 68.3 Å². The molecule has 1 aromatic carbocycles. The summed E-state index contributed by atoms with van der Waals surface area (Å²) >= 11 is 5.81. The summed E-state index contributed by atoms with van der Waals surface area (Å²) in [6, 6.07) is 11.7. The molecule has 2 aromatic heterocycles. The average Bonchev–Trinajstić information content (AvgIpc) is 3.07. The molecule has 4 rings (SSSR count). The van der Waals surface area contributed by atoms with Gasteiger partial charge < -0.3 is 9.84 Å². The van der Waals surface area contributed by atoms with Gasteiger partial charge in [-0.05, 0) is 68.4 Å². The first-order chi connectivity index (χ1) is 14.2. The maximum atomic E-state index is 9.76. The van der Waals surface area contributed by atoms with E-state index in [9.17, 15) is 5.11 Å². The molecular formula is C21H25N5O2S. The van der Waals surface area contributed by atoms with Crippen molar-refractivity contribution in [3.05, 3.63) is 53.6 Å². The van der Waals surface area contributed by atoms with Crippen LogP contribution in [0.5, 0.6) is 5.75 Å². The number of aromatic nitrogens is 4. The molecule has 1 fully saturated rings. The van der Waals surface area contributed by atoms with Gasteiger partial charge in [0.2, 0.25) is 4.77 Å². The van der Waals surface area contributed by atoms with Crippen LogP contribution in [0.4, 0.5) is 0 Å². The van der Waals surface area contributed by atoms with Crippen molar-refractivity contribution in [2.24, 2.45) is 0 Å². The minimum absolute atomic E-state index is 0.201. The van der Waals surface area contributed by atoms with Gasteiger partial charge in [-0.25, -0.2) is 4.68 Å². The molecule has 3 heterocycles. The van der Waals surface area contributed by atoms with Crippen molar-refractivity contribution in [3.8, 4) is 22.8 Å². The zero-order valence-electron chi connectivity index (χ0n) is 16.4. The fraction of sp³-hybridized carbons (Fsp3) is 0.381. The Balaban J connectivity index is 1.72. The fourth-order valence-electron chi connectivity index (χ4n) is 3.53. The Morgan fingerprint density at radius 2 is 1.79 bits per heavy atom. The molecule has 0 saturated carbocycles. The Kier molecular flexibility index (Phi) is 6.03. The number of piperidine rings is 1. The molecule has 0 bridgehead atoms. The Morgan fingerprint density at radius 1 is 1.10 bits per heavy atom. The second kappa shape index (κ2) is 8.86. The minimum atomic E-state index is -0.201. The smallest absolute Gasteiger partial charge is 0.204 e. The maximum absolute atomic E-state index is 9.76. The molecule has 1 N–H and O–H groups in total. The fourth-order valence-corrected chi connectivity index (χ4v) is 3.82. The van der Waals surface area contributed by atoms with E-state index in [1.807, 2.05) is 52.6 Å². The first-order valence-corrected chi connectivity index (χ1v) is 10.3. The van der Waals surface area contributed by atoms with Gasteiger partial charge in [0.15, 0.2) is 5.82 Å². The SMILES string of the molecule is CCOc1ccc(-n2c(-c3ccncc3)nn(CN3CCC(O)CC3)c2=S)cc1. The van der Waals surface area contributed by atoms with Crippen LogP contribution < -0.4 is 4.74 Å². The minimum Gasteiger partial charge on any atom is -0.494 e. The molecule has 3 aromatic rings. The standard InChI is InChI=1S/C21H25N5O2S/c1-2-28-19-5-3-17(4-6-19)26-20(16-7-11-22-12-8-16)23-25(21(26)29)15-24-13-9-18(27)10-14-24/h3-8,11-12,18,27H,2,9-10,13-15H2,1H3. The summed E-state index contributed by atoms with van der Waals surface area (Å²) in [4.78, 5) is 6.39. The van der Waals surface area contributed by atoms with Crippen LogP contribution >= 0.6 is 12.2 Å². The number of likely N-dealkylation sites (tertiary alicyclic amines) is 1. The van der Waals surface area contributed by atoms with Gasteiger partial charge >= 0.3 is 0 Å². The summed E-state index contributed by atoms with van der Waals surface area (Å²) < 4.78 is 10.0. The van der Waals surface area contributed by atoms with Gasteiger partial charge in [0.05, 0.1) is 25.1 Å². The lowest BCUT2D eigenvalue weighted by Crippen LogP contribution is -2.37. The van der Waals surface area contributed by atoms with Crippen molar-refractivity contribution in [2.45, 2.75) is 32.5 Å². The largest absolute Gasteiger partial charge is 0.494 e. The molecule has 0 radical (unpaired) electrons. The molecule has 0 unspecified atom stereocenters. The van der Waals surface area contributed by atoms with Crippen LogP contribution in [-0.4, -0.2) is 55.1 Å². The van der Waals surface area contributed by atoms with Crippen molar-refractivity contribution >= 4 is 12.2 Å². The molecule has 152 valence electrons. The second-order valence-corrected chi connectivity index (χ2v) is 7.46. The lowest BCUT2D eigenvalue weighted by Gasteiger charge is -2.28. The quantitative estimate of drug-likeness (QED) is 0.628. The summed E-state index contributed by atoms with van der Waals surface area (Å²) in [6.45, 7) is 4.87. The molecule has 0 amide bonds. The van der Waals surface area contributed by atoms with E-state index in [1.165, 1.54) is 0 Å². The Morgan fingerprint density at radius 3 is 2.45 bits per heavy atom. The van der Waals surface area contributed by atoms with E-state index in [-0.39, 0.29) is 6.10 Å². The third kappa shape index (κ3) is 4.39. The summed E-state index contributed by atoms with van der Waals surface area (Å²) in [5, 5.41) is 14.6. The van der Waals surface area contributed by atoms with Crippen LogP contribution in [-0.2, 0) is 6.67 Å². The highest BCUT2D eigenvalue weighted by atomic mass is 32.1. The zero-order chi connectivity index (χ0) is 20.2. The Bertz CT molecular complexity index is 992. The van der Waals surface area contributed by atoms with E-state index in [1.54, 1.807) is 12.4 Å². The molecule has 29 heavy (non-hydrogen) atoms. The highest BCUT2D eigenvalue weighted by Crippen LogP contribution is 2.24. The normalized spacial score (nSPS) is 15.5. The maximum Gasteiger partial charge on any atom is 0.204 e. The number of benzene rings is 1. The van der Waals surface area contributed by atoms with Gasteiger partial charge in [-0.1, -0.05) is 0 Å². The van der Waals surface area contributed by atoms with Crippen molar-refractivity contribution < 1.29 is 9.84 Å². The Labute approximate surface area is 175 Å². The van der Waals surface area contributed by atoms with Crippen LogP contribution in [0.15, 0.2) is 48.8 Å². The van der Waals surface area contributed by atoms with Gasteiger partial charge in [0.25, 0.3) is 0 Å². The molecular weight excluding hydrogens is 386 g/mol. The van der Waals surface area contributed by atoms with E-state index in [2.05, 4.69) is 9.88 Å². The van der Waals surface area contributed by atoms with E-state index in [4.69, 9.17) is 22.1 Å². The number of hydrogen-bond acceptors (Lipinski definition) is 6. The van der Waals surface area contributed by atoms with Gasteiger partial charge in [0.1, 0.15) is 5.75 Å². The summed E-state index contributed by atoms with van der Waals surface area (Å²) in [5.74, 6) is 1.60. The number of aliphatic hydroxyl groups is 1. The number of pyridine rings is 1. The van der Waals surface area contributed by atoms with Gasteiger partial charge in [0, 0.05) is 31.0 Å². The molecule has 7 nitrogen and oxygen atoms in total. The summed E-state index contributed by atoms with van der Waals surface area (Å²) in [6.07, 6.45) is 4.87. The van der Waals surface area contributed by atoms with Gasteiger partial charge in [-0.2, -0.15) is 0 Å². The highest BCUT2D eigenvalue weighted by Gasteiger charge is 2.20. The first-order valence-electron chi connectivity index (χ1n) is 9.89. The second-order valence-electron chi connectivity index (χ2n) is 7.09. The lowest BCUT2D eigenvalue weighted by molar-refractivity contribution is 0.0651. The lowest BCUT2D eigenvalue weighted by atomic mass is 10.1. The van der Waals surface area contributed by atoms with E-state index in [0.29, 0.717) is 18.0 Å². The average molecular weight is 412 g/mol. The molecule has 1 saturated heterocycles. The predicted octanol–water partition coefficient (Wildman–Crippen LogP) is 3.28. The third-order valence-electron chi connectivity index (χ3n) is 5.07. The van der Waals surface area contributed by atoms with Crippen LogP contribution in [0.25, 0.3) is 17.1 Å². The molecule has 1 aliphatic rings. The molecule has 1 aliphatic heterocycles. The van der Waals surface area contributed by atoms with Crippen LogP contribution in [0.3, 0.4) is 0 Å². The number of hydrogen-bond donors (Lipinski definition) is 1. The first kappa shape index (κ1) is 19.8. The number of aliphatic hydroxyl groups excluding tert-OH is 1.